The minimum Gasteiger partial charge on any atom is -0.307 e. The molecule has 90 valence electrons. The van der Waals surface area contributed by atoms with Crippen LogP contribution in [-0.2, 0) is 13.6 Å². The average molecular weight is 224 g/mol. The zero-order chi connectivity index (χ0) is 11.5. The van der Waals surface area contributed by atoms with Crippen LogP contribution in [0.25, 0.3) is 0 Å². The highest BCUT2D eigenvalue weighted by atomic mass is 15.6. The Morgan fingerprint density at radius 3 is 2.88 bits per heavy atom. The molecule has 0 saturated carbocycles. The predicted molar refractivity (Wildman–Crippen MR) is 60.7 cm³/mol. The highest BCUT2D eigenvalue weighted by Crippen LogP contribution is 2.15. The highest BCUT2D eigenvalue weighted by Gasteiger charge is 2.23. The lowest BCUT2D eigenvalue weighted by Gasteiger charge is -2.35. The zero-order valence-electron chi connectivity index (χ0n) is 10.2. The molecule has 1 aromatic rings. The largest absolute Gasteiger partial charge is 0.307 e. The van der Waals surface area contributed by atoms with Gasteiger partial charge in [-0.3, -0.25) is 0 Å². The van der Waals surface area contributed by atoms with Crippen LogP contribution < -0.4 is 5.32 Å². The van der Waals surface area contributed by atoms with Crippen LogP contribution in [0.3, 0.4) is 0 Å². The van der Waals surface area contributed by atoms with Crippen molar-refractivity contribution in [1.82, 2.24) is 30.4 Å². The first kappa shape index (κ1) is 11.5. The number of aryl methyl sites for hydroxylation is 1. The number of nitrogens with one attached hydrogen (secondary N) is 1. The molecule has 2 heterocycles. The molecule has 1 N–H and O–H groups in total. The zero-order valence-corrected chi connectivity index (χ0v) is 10.2. The van der Waals surface area contributed by atoms with E-state index in [1.165, 1.54) is 11.2 Å². The molecule has 0 bridgehead atoms. The normalized spacial score (nSPS) is 27.2. The smallest absolute Gasteiger partial charge is 0.188 e. The molecule has 16 heavy (non-hydrogen) atoms. The standard InChI is InChI=1S/C10H20N6/c1-8-7-15(2)5-4-9(8)11-6-10-12-14-16(3)13-10/h8-9,11H,4-7H2,1-3H3. The van der Waals surface area contributed by atoms with E-state index in [0.29, 0.717) is 18.5 Å². The fraction of sp³-hybridized carbons (Fsp3) is 0.900. The van der Waals surface area contributed by atoms with Crippen LogP contribution in [0, 0.1) is 5.92 Å². The molecule has 0 aliphatic carbocycles. The molecule has 2 atom stereocenters. The van der Waals surface area contributed by atoms with Gasteiger partial charge in [0.1, 0.15) is 0 Å². The van der Waals surface area contributed by atoms with Crippen molar-refractivity contribution in [1.29, 1.82) is 0 Å². The third-order valence-corrected chi connectivity index (χ3v) is 3.18. The van der Waals surface area contributed by atoms with Gasteiger partial charge in [-0.1, -0.05) is 6.92 Å². The van der Waals surface area contributed by atoms with Gasteiger partial charge >= 0.3 is 0 Å². The Bertz CT molecular complexity index is 336. The summed E-state index contributed by atoms with van der Waals surface area (Å²) in [7, 11) is 3.96. The second-order valence-electron chi connectivity index (χ2n) is 4.71. The number of aromatic nitrogens is 4. The van der Waals surface area contributed by atoms with Crippen LogP contribution in [0.2, 0.25) is 0 Å². The number of rotatable bonds is 3. The maximum Gasteiger partial charge on any atom is 0.188 e. The molecular formula is C10H20N6. The van der Waals surface area contributed by atoms with Crippen LogP contribution in [0.4, 0.5) is 0 Å². The van der Waals surface area contributed by atoms with E-state index in [-0.39, 0.29) is 0 Å². The molecular weight excluding hydrogens is 204 g/mol. The Labute approximate surface area is 96.0 Å². The lowest BCUT2D eigenvalue weighted by Crippen LogP contribution is -2.46. The van der Waals surface area contributed by atoms with Gasteiger partial charge < -0.3 is 10.2 Å². The molecule has 1 aromatic heterocycles. The van der Waals surface area contributed by atoms with E-state index < -0.39 is 0 Å². The summed E-state index contributed by atoms with van der Waals surface area (Å²) in [4.78, 5) is 3.87. The SMILES string of the molecule is CC1CN(C)CCC1NCc1nnn(C)n1. The van der Waals surface area contributed by atoms with Crippen molar-refractivity contribution in [3.05, 3.63) is 5.82 Å². The van der Waals surface area contributed by atoms with E-state index in [0.717, 1.165) is 18.9 Å². The van der Waals surface area contributed by atoms with Crippen LogP contribution in [0.15, 0.2) is 0 Å². The first-order chi connectivity index (χ1) is 7.65. The molecule has 1 aliphatic heterocycles. The van der Waals surface area contributed by atoms with Crippen LogP contribution in [-0.4, -0.2) is 51.3 Å². The molecule has 6 nitrogen and oxygen atoms in total. The average Bonchev–Trinajstić information content (AvgIpc) is 2.63. The van der Waals surface area contributed by atoms with E-state index >= 15 is 0 Å². The molecule has 0 amide bonds. The summed E-state index contributed by atoms with van der Waals surface area (Å²) >= 11 is 0. The number of piperidine rings is 1. The van der Waals surface area contributed by atoms with Crippen molar-refractivity contribution in [3.63, 3.8) is 0 Å². The minimum atomic E-state index is 0.569. The van der Waals surface area contributed by atoms with Gasteiger partial charge in [-0.2, -0.15) is 4.80 Å². The van der Waals surface area contributed by atoms with Crippen LogP contribution in [0.1, 0.15) is 19.2 Å². The fourth-order valence-corrected chi connectivity index (χ4v) is 2.27. The highest BCUT2D eigenvalue weighted by molar-refractivity contribution is 4.84. The number of likely N-dealkylation sites (tertiary alicyclic amines) is 1. The van der Waals surface area contributed by atoms with E-state index in [1.807, 2.05) is 0 Å². The Kier molecular flexibility index (Phi) is 3.50. The van der Waals surface area contributed by atoms with Gasteiger partial charge in [0.2, 0.25) is 0 Å². The second-order valence-corrected chi connectivity index (χ2v) is 4.71. The van der Waals surface area contributed by atoms with Crippen molar-refractivity contribution < 1.29 is 0 Å². The molecule has 2 rings (SSSR count). The lowest BCUT2D eigenvalue weighted by molar-refractivity contribution is 0.173. The molecule has 1 saturated heterocycles. The fourth-order valence-electron chi connectivity index (χ4n) is 2.27. The van der Waals surface area contributed by atoms with E-state index in [9.17, 15) is 0 Å². The Hall–Kier alpha value is -1.01. The molecule has 0 spiro atoms. The van der Waals surface area contributed by atoms with Crippen molar-refractivity contribution in [2.45, 2.75) is 25.9 Å². The molecule has 0 aromatic carbocycles. The maximum absolute atomic E-state index is 4.16. The molecule has 0 radical (unpaired) electrons. The van der Waals surface area contributed by atoms with Gasteiger partial charge in [0, 0.05) is 12.6 Å². The summed E-state index contributed by atoms with van der Waals surface area (Å²) in [5.41, 5.74) is 0. The third-order valence-electron chi connectivity index (χ3n) is 3.18. The van der Waals surface area contributed by atoms with Gasteiger partial charge in [0.25, 0.3) is 0 Å². The van der Waals surface area contributed by atoms with Gasteiger partial charge in [-0.25, -0.2) is 0 Å². The van der Waals surface area contributed by atoms with Gasteiger partial charge in [0.15, 0.2) is 5.82 Å². The van der Waals surface area contributed by atoms with E-state index in [2.05, 4.69) is 39.6 Å². The summed E-state index contributed by atoms with van der Waals surface area (Å²) in [5, 5.41) is 15.5. The van der Waals surface area contributed by atoms with E-state index in [1.54, 1.807) is 7.05 Å². The summed E-state index contributed by atoms with van der Waals surface area (Å²) in [6.07, 6.45) is 1.19. The minimum absolute atomic E-state index is 0.569. The first-order valence-electron chi connectivity index (χ1n) is 5.80. The van der Waals surface area contributed by atoms with Crippen LogP contribution in [0.5, 0.6) is 0 Å². The van der Waals surface area contributed by atoms with Crippen LogP contribution >= 0.6 is 0 Å². The number of nitrogens with zero attached hydrogens (tertiary/aromatic N) is 5. The van der Waals surface area contributed by atoms with Gasteiger partial charge in [0.05, 0.1) is 13.6 Å². The topological polar surface area (TPSA) is 58.9 Å². The monoisotopic (exact) mass is 224 g/mol. The van der Waals surface area contributed by atoms with Gasteiger partial charge in [-0.15, -0.1) is 10.2 Å². The quantitative estimate of drug-likeness (QED) is 0.760. The Balaban J connectivity index is 1.81. The summed E-state index contributed by atoms with van der Waals surface area (Å²) in [6.45, 7) is 5.32. The summed E-state index contributed by atoms with van der Waals surface area (Å²) in [5.74, 6) is 1.45. The predicted octanol–water partition coefficient (Wildman–Crippen LogP) is -0.360. The Morgan fingerprint density at radius 2 is 2.25 bits per heavy atom. The number of hydrogen-bond acceptors (Lipinski definition) is 5. The molecule has 1 fully saturated rings. The molecule has 6 heteroatoms. The Morgan fingerprint density at radius 1 is 1.44 bits per heavy atom. The second kappa shape index (κ2) is 4.88. The first-order valence-corrected chi connectivity index (χ1v) is 5.80. The van der Waals surface area contributed by atoms with Crippen molar-refractivity contribution in [3.8, 4) is 0 Å². The van der Waals surface area contributed by atoms with E-state index in [4.69, 9.17) is 0 Å². The molecule has 2 unspecified atom stereocenters. The third kappa shape index (κ3) is 2.76. The maximum atomic E-state index is 4.16. The van der Waals surface area contributed by atoms with Crippen molar-refractivity contribution in [2.75, 3.05) is 20.1 Å². The van der Waals surface area contributed by atoms with Crippen molar-refractivity contribution in [2.24, 2.45) is 13.0 Å². The number of hydrogen-bond donors (Lipinski definition) is 1. The van der Waals surface area contributed by atoms with Gasteiger partial charge in [-0.05, 0) is 31.1 Å². The summed E-state index contributed by atoms with van der Waals surface area (Å²) in [6, 6.07) is 0.569. The van der Waals surface area contributed by atoms with Crippen molar-refractivity contribution >= 4 is 0 Å². The molecule has 1 aliphatic rings. The number of tetrazole rings is 1. The summed E-state index contributed by atoms with van der Waals surface area (Å²) < 4.78 is 0. The lowest BCUT2D eigenvalue weighted by atomic mass is 9.94.